The monoisotopic (exact) mass is 315 g/mol. The van der Waals surface area contributed by atoms with Crippen LogP contribution in [0.4, 0.5) is 5.69 Å². The first-order chi connectivity index (χ1) is 11.1. The molecule has 0 N–H and O–H groups in total. The third kappa shape index (κ3) is 3.39. The molecular formula is C18H25N3O2. The van der Waals surface area contributed by atoms with Crippen LogP contribution < -0.4 is 4.90 Å². The van der Waals surface area contributed by atoms with Gasteiger partial charge in [0, 0.05) is 44.8 Å². The molecule has 23 heavy (non-hydrogen) atoms. The molecule has 2 aliphatic rings. The molecule has 3 rings (SSSR count). The van der Waals surface area contributed by atoms with Crippen LogP contribution >= 0.6 is 0 Å². The molecule has 2 heterocycles. The third-order valence-corrected chi connectivity index (χ3v) is 4.92. The summed E-state index contributed by atoms with van der Waals surface area (Å²) in [6, 6.07) is 7.92. The fourth-order valence-electron chi connectivity index (χ4n) is 3.46. The molecule has 2 fully saturated rings. The number of amides is 2. The third-order valence-electron chi connectivity index (χ3n) is 4.92. The number of benzene rings is 1. The van der Waals surface area contributed by atoms with E-state index < -0.39 is 0 Å². The average molecular weight is 315 g/mol. The van der Waals surface area contributed by atoms with Crippen molar-refractivity contribution in [3.05, 3.63) is 29.8 Å². The zero-order valence-electron chi connectivity index (χ0n) is 14.0. The number of piperazine rings is 1. The minimum atomic E-state index is -0.198. The van der Waals surface area contributed by atoms with E-state index in [-0.39, 0.29) is 17.7 Å². The van der Waals surface area contributed by atoms with Crippen LogP contribution in [0.25, 0.3) is 0 Å². The molecule has 1 aromatic carbocycles. The first-order valence-corrected chi connectivity index (χ1v) is 8.46. The van der Waals surface area contributed by atoms with E-state index in [1.54, 1.807) is 4.90 Å². The summed E-state index contributed by atoms with van der Waals surface area (Å²) in [5, 5.41) is 0. The lowest BCUT2D eigenvalue weighted by Gasteiger charge is -2.35. The standard InChI is InChI=1S/C18H25N3O2/c1-3-19-7-9-20(10-8-19)18(23)15-12-17(22)21(13-15)16-6-4-5-14(2)11-16/h4-6,11,15H,3,7-10,12-13H2,1-2H3/t15-/m1/s1. The van der Waals surface area contributed by atoms with Crippen molar-refractivity contribution in [1.82, 2.24) is 9.80 Å². The molecule has 1 atom stereocenters. The number of carbonyl (C=O) groups excluding carboxylic acids is 2. The van der Waals surface area contributed by atoms with Crippen molar-refractivity contribution < 1.29 is 9.59 Å². The number of rotatable bonds is 3. The maximum atomic E-state index is 12.7. The van der Waals surface area contributed by atoms with Crippen LogP contribution in [0.1, 0.15) is 18.9 Å². The van der Waals surface area contributed by atoms with Gasteiger partial charge in [-0.25, -0.2) is 0 Å². The summed E-state index contributed by atoms with van der Waals surface area (Å²) in [6.07, 6.45) is 0.334. The molecular weight excluding hydrogens is 290 g/mol. The minimum Gasteiger partial charge on any atom is -0.340 e. The van der Waals surface area contributed by atoms with Crippen LogP contribution in [0.15, 0.2) is 24.3 Å². The summed E-state index contributed by atoms with van der Waals surface area (Å²) < 4.78 is 0. The van der Waals surface area contributed by atoms with Crippen molar-refractivity contribution in [2.24, 2.45) is 5.92 Å². The molecule has 124 valence electrons. The fourth-order valence-corrected chi connectivity index (χ4v) is 3.46. The number of nitrogens with zero attached hydrogens (tertiary/aromatic N) is 3. The summed E-state index contributed by atoms with van der Waals surface area (Å²) in [6.45, 7) is 9.13. The Morgan fingerprint density at radius 1 is 1.22 bits per heavy atom. The quantitative estimate of drug-likeness (QED) is 0.849. The molecule has 2 aliphatic heterocycles. The Labute approximate surface area is 137 Å². The summed E-state index contributed by atoms with van der Waals surface area (Å²) in [5.41, 5.74) is 2.03. The minimum absolute atomic E-state index is 0.0566. The molecule has 0 bridgehead atoms. The van der Waals surface area contributed by atoms with Gasteiger partial charge in [0.05, 0.1) is 5.92 Å². The molecule has 0 aromatic heterocycles. The Kier molecular flexibility index (Phi) is 4.66. The van der Waals surface area contributed by atoms with Gasteiger partial charge in [0.2, 0.25) is 11.8 Å². The second-order valence-electron chi connectivity index (χ2n) is 6.50. The van der Waals surface area contributed by atoms with Crippen molar-refractivity contribution in [2.45, 2.75) is 20.3 Å². The Hall–Kier alpha value is -1.88. The van der Waals surface area contributed by atoms with Crippen molar-refractivity contribution in [3.63, 3.8) is 0 Å². The summed E-state index contributed by atoms with van der Waals surface area (Å²) in [7, 11) is 0. The van der Waals surface area contributed by atoms with Crippen molar-refractivity contribution in [3.8, 4) is 0 Å². The smallest absolute Gasteiger partial charge is 0.228 e. The number of aryl methyl sites for hydroxylation is 1. The van der Waals surface area contributed by atoms with E-state index in [4.69, 9.17) is 0 Å². The van der Waals surface area contributed by atoms with Crippen LogP contribution in [-0.4, -0.2) is 60.9 Å². The van der Waals surface area contributed by atoms with Gasteiger partial charge in [0.15, 0.2) is 0 Å². The molecule has 0 saturated carbocycles. The molecule has 5 heteroatoms. The SMILES string of the molecule is CCN1CCN(C(=O)[C@@H]2CC(=O)N(c3cccc(C)c3)C2)CC1. The molecule has 0 aliphatic carbocycles. The highest BCUT2D eigenvalue weighted by atomic mass is 16.2. The van der Waals surface area contributed by atoms with Crippen LogP contribution in [0.2, 0.25) is 0 Å². The Balaban J connectivity index is 1.64. The van der Waals surface area contributed by atoms with E-state index in [1.807, 2.05) is 36.1 Å². The van der Waals surface area contributed by atoms with Crippen molar-refractivity contribution in [2.75, 3.05) is 44.2 Å². The van der Waals surface area contributed by atoms with E-state index in [2.05, 4.69) is 11.8 Å². The Morgan fingerprint density at radius 2 is 1.96 bits per heavy atom. The van der Waals surface area contributed by atoms with Gasteiger partial charge in [0.1, 0.15) is 0 Å². The first-order valence-electron chi connectivity index (χ1n) is 8.46. The van der Waals surface area contributed by atoms with Gasteiger partial charge in [-0.15, -0.1) is 0 Å². The number of hydrogen-bond acceptors (Lipinski definition) is 3. The molecule has 2 saturated heterocycles. The van der Waals surface area contributed by atoms with Gasteiger partial charge in [-0.1, -0.05) is 19.1 Å². The van der Waals surface area contributed by atoms with Crippen LogP contribution in [0.3, 0.4) is 0 Å². The second kappa shape index (κ2) is 6.71. The largest absolute Gasteiger partial charge is 0.340 e. The topological polar surface area (TPSA) is 43.9 Å². The molecule has 2 amide bonds. The van der Waals surface area contributed by atoms with Gasteiger partial charge in [-0.3, -0.25) is 9.59 Å². The number of carbonyl (C=O) groups is 2. The zero-order chi connectivity index (χ0) is 16.4. The summed E-state index contributed by atoms with van der Waals surface area (Å²) in [4.78, 5) is 31.1. The molecule has 0 radical (unpaired) electrons. The lowest BCUT2D eigenvalue weighted by atomic mass is 10.1. The second-order valence-corrected chi connectivity index (χ2v) is 6.50. The number of anilines is 1. The zero-order valence-corrected chi connectivity index (χ0v) is 14.0. The van der Waals surface area contributed by atoms with Crippen LogP contribution in [-0.2, 0) is 9.59 Å². The van der Waals surface area contributed by atoms with Gasteiger partial charge >= 0.3 is 0 Å². The van der Waals surface area contributed by atoms with Gasteiger partial charge in [-0.05, 0) is 31.2 Å². The van der Waals surface area contributed by atoms with E-state index in [9.17, 15) is 9.59 Å². The van der Waals surface area contributed by atoms with E-state index in [0.29, 0.717) is 13.0 Å². The lowest BCUT2D eigenvalue weighted by molar-refractivity contribution is -0.137. The Morgan fingerprint density at radius 3 is 2.61 bits per heavy atom. The highest BCUT2D eigenvalue weighted by molar-refractivity contribution is 6.00. The molecule has 1 aromatic rings. The number of hydrogen-bond donors (Lipinski definition) is 0. The lowest BCUT2D eigenvalue weighted by Crippen LogP contribution is -2.50. The van der Waals surface area contributed by atoms with Gasteiger partial charge in [-0.2, -0.15) is 0 Å². The van der Waals surface area contributed by atoms with E-state index >= 15 is 0 Å². The predicted octanol–water partition coefficient (Wildman–Crippen LogP) is 1.51. The summed E-state index contributed by atoms with van der Waals surface area (Å²) >= 11 is 0. The Bertz CT molecular complexity index is 594. The van der Waals surface area contributed by atoms with Crippen molar-refractivity contribution in [1.29, 1.82) is 0 Å². The maximum Gasteiger partial charge on any atom is 0.228 e. The number of likely N-dealkylation sites (N-methyl/N-ethyl adjacent to an activating group) is 1. The van der Waals surface area contributed by atoms with E-state index in [1.165, 1.54) is 0 Å². The maximum absolute atomic E-state index is 12.7. The predicted molar refractivity (Wildman–Crippen MR) is 90.3 cm³/mol. The first kappa shape index (κ1) is 16.0. The highest BCUT2D eigenvalue weighted by Crippen LogP contribution is 2.27. The van der Waals surface area contributed by atoms with Gasteiger partial charge in [0.25, 0.3) is 0 Å². The van der Waals surface area contributed by atoms with Crippen LogP contribution in [0.5, 0.6) is 0 Å². The molecule has 5 nitrogen and oxygen atoms in total. The molecule has 0 unspecified atom stereocenters. The normalized spacial score (nSPS) is 22.7. The van der Waals surface area contributed by atoms with Crippen molar-refractivity contribution >= 4 is 17.5 Å². The highest BCUT2D eigenvalue weighted by Gasteiger charge is 2.37. The van der Waals surface area contributed by atoms with Gasteiger partial charge < -0.3 is 14.7 Å². The molecule has 0 spiro atoms. The van der Waals surface area contributed by atoms with E-state index in [0.717, 1.165) is 44.0 Å². The summed E-state index contributed by atoms with van der Waals surface area (Å²) in [5.74, 6) is 0.00147. The van der Waals surface area contributed by atoms with Crippen LogP contribution in [0, 0.1) is 12.8 Å². The average Bonchev–Trinajstić information content (AvgIpc) is 2.96. The fraction of sp³-hybridized carbons (Fsp3) is 0.556.